The molecule has 2 aliphatic rings. The van der Waals surface area contributed by atoms with Crippen LogP contribution in [0.1, 0.15) is 165 Å². The van der Waals surface area contributed by atoms with Gasteiger partial charge in [0.15, 0.2) is 0 Å². The third-order valence-corrected chi connectivity index (χ3v) is 20.9. The van der Waals surface area contributed by atoms with E-state index in [1.165, 1.54) is 9.80 Å². The summed E-state index contributed by atoms with van der Waals surface area (Å²) in [6, 6.07) is 51.6. The van der Waals surface area contributed by atoms with E-state index in [-0.39, 0.29) is 68.9 Å². The molecule has 0 radical (unpaired) electrons. The lowest BCUT2D eigenvalue weighted by atomic mass is 9.80. The first-order valence-electron chi connectivity index (χ1n) is 41.3. The van der Waals surface area contributed by atoms with Gasteiger partial charge in [-0.25, -0.2) is 43.5 Å². The molecule has 30 heteroatoms. The molecule has 0 unspecified atom stereocenters. The molecule has 0 aromatic heterocycles. The summed E-state index contributed by atoms with van der Waals surface area (Å²) in [7, 11) is 10.5. The molecule has 11 aromatic rings. The Balaban J connectivity index is 0.000000808. The Morgan fingerprint density at radius 2 is 0.444 bits per heavy atom. The van der Waals surface area contributed by atoms with E-state index in [2.05, 4.69) is 188 Å². The van der Waals surface area contributed by atoms with Gasteiger partial charge in [0.05, 0.1) is 185 Å². The van der Waals surface area contributed by atoms with Crippen LogP contribution in [-0.2, 0) is 66.2 Å². The normalized spacial score (nSPS) is 13.4. The molecule has 2 heterocycles. The summed E-state index contributed by atoms with van der Waals surface area (Å²) in [5, 5.41) is 3.49. The molecule has 676 valence electrons. The van der Waals surface area contributed by atoms with Gasteiger partial charge in [-0.3, -0.25) is 19.2 Å². The molecule has 0 saturated carbocycles. The quantitative estimate of drug-likeness (QED) is 0.0160. The number of hydrogen-bond donors (Lipinski definition) is 0. The number of carbonyl (C=O) groups is 4. The Labute approximate surface area is 742 Å². The summed E-state index contributed by atoms with van der Waals surface area (Å²) in [4.78, 5) is 69.6. The van der Waals surface area contributed by atoms with Gasteiger partial charge < -0.3 is 55.1 Å². The van der Waals surface area contributed by atoms with Gasteiger partial charge >= 0.3 is 0 Å². The summed E-state index contributed by atoms with van der Waals surface area (Å²) in [6.07, 6.45) is 5.70. The number of carbonyl (C=O) groups excluding carboxylic acids is 4. The van der Waals surface area contributed by atoms with Crippen molar-refractivity contribution >= 4 is 119 Å². The van der Waals surface area contributed by atoms with E-state index >= 15 is 19.2 Å². The SMILES string of the molecule is CC(C)c1cccc(C(C)C)c1N1C(=O)c2cc(Oc3ccc(CC[N+](C)(C)C)cc3)c3c4c(Oc5ccc(CC[N+](C)(C)C)cc5)cc5c6c(cc(Oc7ccc(CC[N+](C)(C)C)cc7)c(c7c(Oc8ccc(CC[N+](C)(C)C)cc8)cc(c2c37)C1=O)c64)C(=O)N(c1c(C(C)C)cccc1C(C)C)C5=O.CS(=O)(=O)[O-].CS(=O)(=O)[O-].CS(=O)(=O)[O-].CS(=O)(=O)[O-]. The lowest BCUT2D eigenvalue weighted by molar-refractivity contribution is -0.870. The molecule has 11 aromatic carbocycles. The molecular formula is C96H118N6O20S4. The summed E-state index contributed by atoms with van der Waals surface area (Å²) in [5.74, 6) is 0.558. The molecule has 0 saturated heterocycles. The van der Waals surface area contributed by atoms with Crippen LogP contribution in [-0.4, -0.2) is 229 Å². The topological polar surface area (TPSA) is 340 Å². The zero-order valence-corrected chi connectivity index (χ0v) is 79.7. The van der Waals surface area contributed by atoms with Crippen molar-refractivity contribution in [1.29, 1.82) is 0 Å². The number of likely N-dealkylation sites (N-methyl/N-ethyl adjacent to an activating group) is 4. The number of anilines is 2. The highest BCUT2D eigenvalue weighted by molar-refractivity contribution is 7.85. The number of benzene rings is 11. The van der Waals surface area contributed by atoms with Gasteiger partial charge in [-0.2, -0.15) is 0 Å². The first kappa shape index (κ1) is 99.5. The molecule has 0 bridgehead atoms. The molecule has 4 amide bonds. The van der Waals surface area contributed by atoms with Crippen LogP contribution in [0.5, 0.6) is 46.0 Å². The second-order valence-electron chi connectivity index (χ2n) is 37.6. The van der Waals surface area contributed by atoms with Gasteiger partial charge in [0.2, 0.25) is 0 Å². The van der Waals surface area contributed by atoms with Crippen LogP contribution in [0, 0.1) is 0 Å². The van der Waals surface area contributed by atoms with Crippen LogP contribution < -0.4 is 28.7 Å². The standard InChI is InChI=1S/C92H106N6O8.4CH4O3S/c1-55(2)67-23-21-24-68(56(3)4)87(67)93-89(99)71-51-75(103-63-35-27-59(28-36-63)43-47-95(9,10)11)81-83-77(105-65-39-31-61(32-40-65)45-49-97(15,16)17)53-73-80-74(92(102)94(91(73)101)88-69(57(5)6)25-22-26-70(88)58(7)8)54-78(106-66-41-33-62(34-42-66)46-50-98(18,19)20)84(86(80)83)82-76(52-72(90(93)100)79(71)85(81)82)104-64-37-29-60(30-38-64)44-48-96(12,13)14;4*1-5(2,3)4/h21-42,51-58H,43-50H2,1-20H3;4*1H3,(H,2,3,4)/q+4;;;;/p-4. The fraction of sp³-hybridized carbons (Fsp3) is 0.375. The molecule has 26 nitrogen and oxygen atoms in total. The predicted octanol–water partition coefficient (Wildman–Crippen LogP) is 16.6. The predicted molar refractivity (Wildman–Crippen MR) is 494 cm³/mol. The minimum atomic E-state index is -3.92. The number of ether oxygens (including phenoxy) is 4. The summed E-state index contributed by atoms with van der Waals surface area (Å²) < 4.78 is 142. The Kier molecular flexibility index (Phi) is 30.6. The highest BCUT2D eigenvalue weighted by atomic mass is 32.2. The molecule has 0 fully saturated rings. The van der Waals surface area contributed by atoms with Crippen LogP contribution >= 0.6 is 0 Å². The monoisotopic (exact) mass is 1800 g/mol. The number of fused-ring (bicyclic) bond motifs is 2. The van der Waals surface area contributed by atoms with Crippen molar-refractivity contribution in [2.45, 2.75) is 105 Å². The van der Waals surface area contributed by atoms with Crippen LogP contribution in [0.2, 0.25) is 0 Å². The second-order valence-corrected chi connectivity index (χ2v) is 43.3. The molecule has 126 heavy (non-hydrogen) atoms. The highest BCUT2D eigenvalue weighted by Gasteiger charge is 2.45. The Morgan fingerprint density at radius 3 is 0.595 bits per heavy atom. The molecule has 0 aliphatic carbocycles. The minimum Gasteiger partial charge on any atom is -0.748 e. The van der Waals surface area contributed by atoms with E-state index in [4.69, 9.17) is 70.8 Å². The third kappa shape index (κ3) is 26.4. The average molecular weight is 1800 g/mol. The van der Waals surface area contributed by atoms with Crippen molar-refractivity contribution in [3.8, 4) is 46.0 Å². The highest BCUT2D eigenvalue weighted by Crippen LogP contribution is 2.59. The van der Waals surface area contributed by atoms with Gasteiger partial charge in [-0.05, 0) is 141 Å². The van der Waals surface area contributed by atoms with Crippen LogP contribution in [0.3, 0.4) is 0 Å². The fourth-order valence-corrected chi connectivity index (χ4v) is 15.0. The number of amides is 4. The van der Waals surface area contributed by atoms with Crippen molar-refractivity contribution < 1.29 is 108 Å². The maximum Gasteiger partial charge on any atom is 0.266 e. The molecule has 13 rings (SSSR count). The summed E-state index contributed by atoms with van der Waals surface area (Å²) in [5.41, 5.74) is 9.88. The van der Waals surface area contributed by atoms with Gasteiger partial charge in [0.1, 0.15) is 46.0 Å². The van der Waals surface area contributed by atoms with Crippen molar-refractivity contribution in [2.75, 3.05) is 146 Å². The third-order valence-electron chi connectivity index (χ3n) is 20.9. The average Bonchev–Trinajstić information content (AvgIpc) is 0.668. The van der Waals surface area contributed by atoms with Crippen molar-refractivity contribution in [3.05, 3.63) is 224 Å². The Hall–Kier alpha value is -10.3. The maximum absolute atomic E-state index is 16.7. The van der Waals surface area contributed by atoms with Gasteiger partial charge in [-0.1, -0.05) is 140 Å². The van der Waals surface area contributed by atoms with Crippen LogP contribution in [0.25, 0.3) is 43.1 Å². The van der Waals surface area contributed by atoms with E-state index in [0.29, 0.717) is 102 Å². The number of nitrogens with zero attached hydrogens (tertiary/aromatic N) is 6. The minimum absolute atomic E-state index is 0.0825. The van der Waals surface area contributed by atoms with Crippen molar-refractivity contribution in [1.82, 2.24) is 0 Å². The zero-order chi connectivity index (χ0) is 94.0. The van der Waals surface area contributed by atoms with E-state index < -0.39 is 64.1 Å². The fourth-order valence-electron chi connectivity index (χ4n) is 15.0. The second kappa shape index (κ2) is 38.7. The van der Waals surface area contributed by atoms with Crippen molar-refractivity contribution in [3.63, 3.8) is 0 Å². The molecule has 0 spiro atoms. The number of quaternary nitrogens is 4. The first-order valence-corrected chi connectivity index (χ1v) is 48.6. The Bertz CT molecular complexity index is 5600. The van der Waals surface area contributed by atoms with E-state index in [9.17, 15) is 0 Å². The van der Waals surface area contributed by atoms with Crippen LogP contribution in [0.4, 0.5) is 11.4 Å². The number of hydrogen-bond acceptors (Lipinski definition) is 20. The first-order chi connectivity index (χ1) is 58.0. The summed E-state index contributed by atoms with van der Waals surface area (Å²) in [6.45, 7) is 20.3. The smallest absolute Gasteiger partial charge is 0.266 e. The zero-order valence-electron chi connectivity index (χ0n) is 76.5. The Morgan fingerprint density at radius 1 is 0.278 bits per heavy atom. The van der Waals surface area contributed by atoms with Crippen molar-refractivity contribution in [2.24, 2.45) is 0 Å². The summed E-state index contributed by atoms with van der Waals surface area (Å²) >= 11 is 0. The molecule has 2 aliphatic heterocycles. The van der Waals surface area contributed by atoms with Gasteiger partial charge in [-0.15, -0.1) is 0 Å². The van der Waals surface area contributed by atoms with E-state index in [1.54, 1.807) is 24.3 Å². The van der Waals surface area contributed by atoms with Gasteiger partial charge in [0.25, 0.3) is 23.6 Å². The van der Waals surface area contributed by atoms with E-state index in [0.717, 1.165) is 114 Å². The molecular weight excluding hydrogens is 1690 g/mol. The van der Waals surface area contributed by atoms with E-state index in [1.807, 2.05) is 84.9 Å². The molecule has 0 N–H and O–H groups in total. The molecule has 0 atom stereocenters. The lowest BCUT2D eigenvalue weighted by Crippen LogP contribution is -2.42. The lowest BCUT2D eigenvalue weighted by Gasteiger charge is -2.35. The number of rotatable bonds is 26. The number of para-hydroxylation sites is 2. The maximum atomic E-state index is 16.7. The number of imide groups is 2. The largest absolute Gasteiger partial charge is 0.748 e. The van der Waals surface area contributed by atoms with Crippen LogP contribution in [0.15, 0.2) is 158 Å². The van der Waals surface area contributed by atoms with Gasteiger partial charge in [0, 0.05) is 93.8 Å².